The zero-order valence-corrected chi connectivity index (χ0v) is 12.4. The molecule has 0 fully saturated rings. The second-order valence-electron chi connectivity index (χ2n) is 5.22. The molecule has 1 atom stereocenters. The molecule has 20 heavy (non-hydrogen) atoms. The van der Waals surface area contributed by atoms with Gasteiger partial charge < -0.3 is 10.3 Å². The molecule has 4 rings (SSSR count). The quantitative estimate of drug-likeness (QED) is 0.707. The van der Waals surface area contributed by atoms with E-state index < -0.39 is 0 Å². The maximum absolute atomic E-state index is 4.73. The van der Waals surface area contributed by atoms with Crippen LogP contribution >= 0.6 is 15.9 Å². The molecule has 1 aliphatic rings. The molecule has 1 aromatic heterocycles. The van der Waals surface area contributed by atoms with E-state index in [-0.39, 0.29) is 0 Å². The molecule has 0 bridgehead atoms. The summed E-state index contributed by atoms with van der Waals surface area (Å²) in [6.45, 7) is 0.929. The summed E-state index contributed by atoms with van der Waals surface area (Å²) in [6.07, 6.45) is 1.03. The summed E-state index contributed by atoms with van der Waals surface area (Å²) in [7, 11) is 0. The van der Waals surface area contributed by atoms with Gasteiger partial charge in [-0.25, -0.2) is 4.98 Å². The summed E-state index contributed by atoms with van der Waals surface area (Å²) < 4.78 is 1.08. The smallest absolute Gasteiger partial charge is 0.112 e. The van der Waals surface area contributed by atoms with Gasteiger partial charge in [0.05, 0.1) is 11.0 Å². The van der Waals surface area contributed by atoms with Gasteiger partial charge in [0.15, 0.2) is 0 Å². The Balaban J connectivity index is 1.70. The summed E-state index contributed by atoms with van der Waals surface area (Å²) in [5, 5.41) is 3.50. The van der Waals surface area contributed by atoms with Crippen molar-refractivity contribution in [1.29, 1.82) is 0 Å². The highest BCUT2D eigenvalue weighted by molar-refractivity contribution is 9.10. The van der Waals surface area contributed by atoms with Gasteiger partial charge in [-0.05, 0) is 36.2 Å². The first-order valence-electron chi connectivity index (χ1n) is 6.76. The van der Waals surface area contributed by atoms with Gasteiger partial charge in [0.2, 0.25) is 0 Å². The number of benzene rings is 2. The zero-order chi connectivity index (χ0) is 13.5. The molecule has 1 aliphatic heterocycles. The number of imidazole rings is 1. The van der Waals surface area contributed by atoms with E-state index in [1.807, 2.05) is 12.1 Å². The molecule has 0 saturated heterocycles. The van der Waals surface area contributed by atoms with Crippen molar-refractivity contribution in [3.8, 4) is 0 Å². The van der Waals surface area contributed by atoms with Crippen molar-refractivity contribution in [2.75, 3.05) is 11.9 Å². The molecule has 3 aromatic rings. The molecule has 0 radical (unpaired) electrons. The average molecular weight is 328 g/mol. The van der Waals surface area contributed by atoms with Gasteiger partial charge in [-0.3, -0.25) is 0 Å². The Hall–Kier alpha value is -1.81. The standard InChI is InChI=1S/C16H14BrN3/c17-12-5-6-14-15(8-12)20-16(19-14)11-7-10-3-1-2-4-13(10)18-9-11/h1-6,8,11,18H,7,9H2,(H,19,20). The molecule has 2 N–H and O–H groups in total. The van der Waals surface area contributed by atoms with Crippen molar-refractivity contribution in [3.63, 3.8) is 0 Å². The maximum Gasteiger partial charge on any atom is 0.112 e. The monoisotopic (exact) mass is 327 g/mol. The van der Waals surface area contributed by atoms with Crippen molar-refractivity contribution < 1.29 is 0 Å². The number of aromatic nitrogens is 2. The molecule has 0 saturated carbocycles. The fourth-order valence-corrected chi connectivity index (χ4v) is 3.19. The van der Waals surface area contributed by atoms with Crippen LogP contribution in [-0.2, 0) is 6.42 Å². The molecule has 4 heteroatoms. The predicted molar refractivity (Wildman–Crippen MR) is 85.2 cm³/mol. The molecular weight excluding hydrogens is 314 g/mol. The minimum absolute atomic E-state index is 0.399. The third-order valence-corrected chi connectivity index (χ3v) is 4.36. The number of fused-ring (bicyclic) bond motifs is 2. The van der Waals surface area contributed by atoms with E-state index in [0.717, 1.165) is 34.3 Å². The number of aromatic amines is 1. The minimum Gasteiger partial charge on any atom is -0.384 e. The third kappa shape index (κ3) is 2.00. The normalized spacial score (nSPS) is 17.8. The first-order valence-corrected chi connectivity index (χ1v) is 7.56. The fraction of sp³-hybridized carbons (Fsp3) is 0.188. The van der Waals surface area contributed by atoms with Crippen LogP contribution in [0.1, 0.15) is 17.3 Å². The van der Waals surface area contributed by atoms with Crippen LogP contribution in [-0.4, -0.2) is 16.5 Å². The average Bonchev–Trinajstić information content (AvgIpc) is 2.89. The number of rotatable bonds is 1. The Morgan fingerprint density at radius 3 is 3.00 bits per heavy atom. The number of H-pyrrole nitrogens is 1. The lowest BCUT2D eigenvalue weighted by molar-refractivity contribution is 0.659. The summed E-state index contributed by atoms with van der Waals surface area (Å²) in [5.74, 6) is 1.47. The summed E-state index contributed by atoms with van der Waals surface area (Å²) >= 11 is 3.50. The Morgan fingerprint density at radius 2 is 2.05 bits per heavy atom. The van der Waals surface area contributed by atoms with E-state index in [0.29, 0.717) is 5.92 Å². The molecule has 3 nitrogen and oxygen atoms in total. The Kier molecular flexibility index (Phi) is 2.77. The summed E-state index contributed by atoms with van der Waals surface area (Å²) in [5.41, 5.74) is 4.74. The third-order valence-electron chi connectivity index (χ3n) is 3.87. The summed E-state index contributed by atoms with van der Waals surface area (Å²) in [6, 6.07) is 14.7. The largest absolute Gasteiger partial charge is 0.384 e. The lowest BCUT2D eigenvalue weighted by Crippen LogP contribution is -2.22. The minimum atomic E-state index is 0.399. The molecular formula is C16H14BrN3. The van der Waals surface area contributed by atoms with E-state index in [9.17, 15) is 0 Å². The Morgan fingerprint density at radius 1 is 1.15 bits per heavy atom. The van der Waals surface area contributed by atoms with Crippen molar-refractivity contribution in [1.82, 2.24) is 9.97 Å². The van der Waals surface area contributed by atoms with E-state index in [4.69, 9.17) is 4.98 Å². The van der Waals surface area contributed by atoms with Crippen molar-refractivity contribution in [2.24, 2.45) is 0 Å². The van der Waals surface area contributed by atoms with E-state index in [1.165, 1.54) is 11.3 Å². The van der Waals surface area contributed by atoms with Crippen LogP contribution in [0.3, 0.4) is 0 Å². The highest BCUT2D eigenvalue weighted by Gasteiger charge is 2.22. The number of para-hydroxylation sites is 1. The first kappa shape index (κ1) is 12.0. The molecule has 2 heterocycles. The fourth-order valence-electron chi connectivity index (χ4n) is 2.83. The van der Waals surface area contributed by atoms with Crippen LogP contribution in [0.2, 0.25) is 0 Å². The van der Waals surface area contributed by atoms with Gasteiger partial charge in [0, 0.05) is 22.6 Å². The first-order chi connectivity index (χ1) is 9.79. The number of nitrogens with one attached hydrogen (secondary N) is 2. The number of hydrogen-bond donors (Lipinski definition) is 2. The number of nitrogens with zero attached hydrogens (tertiary/aromatic N) is 1. The van der Waals surface area contributed by atoms with Gasteiger partial charge >= 0.3 is 0 Å². The van der Waals surface area contributed by atoms with Crippen LogP contribution in [0.15, 0.2) is 46.9 Å². The molecule has 0 amide bonds. The van der Waals surface area contributed by atoms with Crippen LogP contribution < -0.4 is 5.32 Å². The molecule has 0 aliphatic carbocycles. The van der Waals surface area contributed by atoms with Crippen molar-refractivity contribution in [2.45, 2.75) is 12.3 Å². The second-order valence-corrected chi connectivity index (χ2v) is 6.14. The van der Waals surface area contributed by atoms with Gasteiger partial charge in [0.25, 0.3) is 0 Å². The number of halogens is 1. The predicted octanol–water partition coefficient (Wildman–Crippen LogP) is 4.08. The Bertz CT molecular complexity index is 778. The molecule has 1 unspecified atom stereocenters. The van der Waals surface area contributed by atoms with Crippen molar-refractivity contribution >= 4 is 32.7 Å². The second kappa shape index (κ2) is 4.63. The highest BCUT2D eigenvalue weighted by atomic mass is 79.9. The van der Waals surface area contributed by atoms with Gasteiger partial charge in [0.1, 0.15) is 5.82 Å². The van der Waals surface area contributed by atoms with Gasteiger partial charge in [-0.1, -0.05) is 34.1 Å². The van der Waals surface area contributed by atoms with E-state index >= 15 is 0 Å². The van der Waals surface area contributed by atoms with Crippen LogP contribution in [0.25, 0.3) is 11.0 Å². The van der Waals surface area contributed by atoms with E-state index in [1.54, 1.807) is 0 Å². The highest BCUT2D eigenvalue weighted by Crippen LogP contribution is 2.30. The number of hydrogen-bond acceptors (Lipinski definition) is 2. The lowest BCUT2D eigenvalue weighted by Gasteiger charge is -2.24. The van der Waals surface area contributed by atoms with Crippen LogP contribution in [0.5, 0.6) is 0 Å². The zero-order valence-electron chi connectivity index (χ0n) is 10.9. The van der Waals surface area contributed by atoms with E-state index in [2.05, 4.69) is 56.6 Å². The Labute approximate surface area is 125 Å². The SMILES string of the molecule is Brc1ccc2nc(C3CNc4ccccc4C3)[nH]c2c1. The van der Waals surface area contributed by atoms with Gasteiger partial charge in [-0.2, -0.15) is 0 Å². The molecule has 100 valence electrons. The molecule has 0 spiro atoms. The lowest BCUT2D eigenvalue weighted by atomic mass is 9.93. The maximum atomic E-state index is 4.73. The van der Waals surface area contributed by atoms with Crippen LogP contribution in [0.4, 0.5) is 5.69 Å². The topological polar surface area (TPSA) is 40.7 Å². The van der Waals surface area contributed by atoms with Crippen LogP contribution in [0, 0.1) is 0 Å². The van der Waals surface area contributed by atoms with Gasteiger partial charge in [-0.15, -0.1) is 0 Å². The number of anilines is 1. The summed E-state index contributed by atoms with van der Waals surface area (Å²) in [4.78, 5) is 8.19. The van der Waals surface area contributed by atoms with Crippen molar-refractivity contribution in [3.05, 3.63) is 58.3 Å². The molecule has 2 aromatic carbocycles.